The van der Waals surface area contributed by atoms with Crippen LogP contribution in [0.15, 0.2) is 0 Å². The number of ketones is 2. The second-order valence-corrected chi connectivity index (χ2v) is 7.72. The Hall–Kier alpha value is -1.72. The van der Waals surface area contributed by atoms with Gasteiger partial charge in [0, 0.05) is 31.6 Å². The lowest BCUT2D eigenvalue weighted by molar-refractivity contribution is -0.131. The van der Waals surface area contributed by atoms with Gasteiger partial charge in [-0.15, -0.1) is 0 Å². The van der Waals surface area contributed by atoms with E-state index >= 15 is 0 Å². The van der Waals surface area contributed by atoms with Gasteiger partial charge in [-0.25, -0.2) is 0 Å². The lowest BCUT2D eigenvalue weighted by Gasteiger charge is -2.13. The Morgan fingerprint density at radius 1 is 0.759 bits per heavy atom. The molecule has 1 atom stereocenters. The molecule has 3 N–H and O–H groups in total. The van der Waals surface area contributed by atoms with Crippen LogP contribution in [0.1, 0.15) is 117 Å². The summed E-state index contributed by atoms with van der Waals surface area (Å²) in [7, 11) is 0. The highest BCUT2D eigenvalue weighted by Crippen LogP contribution is 2.18. The highest BCUT2D eigenvalue weighted by Gasteiger charge is 2.23. The maximum absolute atomic E-state index is 12.3. The van der Waals surface area contributed by atoms with Crippen LogP contribution in [0.25, 0.3) is 0 Å². The number of carbonyl (C=O) groups is 4. The van der Waals surface area contributed by atoms with Crippen LogP contribution in [0.2, 0.25) is 0 Å². The fraction of sp³-hybridized carbons (Fsp3) is 0.826. The number of carboxylic acid groups (broad SMARTS) is 1. The molecule has 0 aromatic rings. The van der Waals surface area contributed by atoms with Gasteiger partial charge in [-0.05, 0) is 12.8 Å². The number of hydrogen-bond acceptors (Lipinski definition) is 4. The number of carbonyl (C=O) groups excluding carboxylic acids is 3. The van der Waals surface area contributed by atoms with E-state index in [-0.39, 0.29) is 30.9 Å². The molecule has 0 saturated heterocycles. The van der Waals surface area contributed by atoms with E-state index in [9.17, 15) is 14.4 Å². The lowest BCUT2D eigenvalue weighted by atomic mass is 9.89. The molecule has 29 heavy (non-hydrogen) atoms. The number of nitrogens with two attached hydrogens (primary N) is 1. The molecular weight excluding hydrogens is 370 g/mol. The smallest absolute Gasteiger partial charge is 0.290 e. The van der Waals surface area contributed by atoms with E-state index in [1.165, 1.54) is 44.9 Å². The average Bonchev–Trinajstić information content (AvgIpc) is 2.66. The van der Waals surface area contributed by atoms with Crippen molar-refractivity contribution in [2.24, 2.45) is 11.7 Å². The molecule has 0 aliphatic rings. The first-order chi connectivity index (χ1) is 13.9. The van der Waals surface area contributed by atoms with Crippen molar-refractivity contribution in [3.8, 4) is 0 Å². The molecule has 0 aliphatic heterocycles. The third kappa shape index (κ3) is 22.4. The first-order valence-electron chi connectivity index (χ1n) is 11.3. The molecule has 170 valence electrons. The highest BCUT2D eigenvalue weighted by molar-refractivity contribution is 5.91. The van der Waals surface area contributed by atoms with Crippen LogP contribution in [0, 0.1) is 5.92 Å². The van der Waals surface area contributed by atoms with E-state index < -0.39 is 11.8 Å². The van der Waals surface area contributed by atoms with Gasteiger partial charge in [0.15, 0.2) is 0 Å². The van der Waals surface area contributed by atoms with Crippen LogP contribution >= 0.6 is 0 Å². The van der Waals surface area contributed by atoms with E-state index in [1.807, 2.05) is 0 Å². The fourth-order valence-corrected chi connectivity index (χ4v) is 3.31. The maximum Gasteiger partial charge on any atom is 0.290 e. The largest absolute Gasteiger partial charge is 0.483 e. The summed E-state index contributed by atoms with van der Waals surface area (Å²) in [4.78, 5) is 44.0. The second-order valence-electron chi connectivity index (χ2n) is 7.72. The van der Waals surface area contributed by atoms with Crippen molar-refractivity contribution < 1.29 is 24.3 Å². The van der Waals surface area contributed by atoms with Crippen molar-refractivity contribution in [1.82, 2.24) is 0 Å². The van der Waals surface area contributed by atoms with Gasteiger partial charge in [0.1, 0.15) is 11.6 Å². The van der Waals surface area contributed by atoms with Gasteiger partial charge in [-0.1, -0.05) is 78.1 Å². The van der Waals surface area contributed by atoms with Gasteiger partial charge in [0.25, 0.3) is 6.47 Å². The zero-order valence-corrected chi connectivity index (χ0v) is 18.6. The first-order valence-corrected chi connectivity index (χ1v) is 11.3. The molecule has 0 aliphatic carbocycles. The molecule has 6 heteroatoms. The maximum atomic E-state index is 12.3. The number of primary amides is 1. The minimum atomic E-state index is -0.504. The van der Waals surface area contributed by atoms with Gasteiger partial charge >= 0.3 is 0 Å². The number of rotatable bonds is 19. The van der Waals surface area contributed by atoms with E-state index in [2.05, 4.69) is 13.8 Å². The lowest BCUT2D eigenvalue weighted by Crippen LogP contribution is -2.25. The monoisotopic (exact) mass is 413 g/mol. The summed E-state index contributed by atoms with van der Waals surface area (Å²) < 4.78 is 0. The molecule has 0 rings (SSSR count). The fourth-order valence-electron chi connectivity index (χ4n) is 3.31. The van der Waals surface area contributed by atoms with Crippen molar-refractivity contribution in [3.05, 3.63) is 0 Å². The van der Waals surface area contributed by atoms with Crippen molar-refractivity contribution in [1.29, 1.82) is 0 Å². The number of amides is 1. The summed E-state index contributed by atoms with van der Waals surface area (Å²) in [6.07, 6.45) is 15.0. The van der Waals surface area contributed by atoms with Crippen molar-refractivity contribution in [2.45, 2.75) is 117 Å². The Morgan fingerprint density at radius 2 is 1.17 bits per heavy atom. The average molecular weight is 414 g/mol. The molecule has 1 amide bonds. The van der Waals surface area contributed by atoms with Gasteiger partial charge < -0.3 is 10.8 Å². The molecule has 0 aromatic carbocycles. The minimum absolute atomic E-state index is 0.00839. The molecular formula is C23H43NO5. The van der Waals surface area contributed by atoms with Crippen molar-refractivity contribution in [2.75, 3.05) is 0 Å². The number of unbranched alkanes of at least 4 members (excludes halogenated alkanes) is 10. The molecule has 6 nitrogen and oxygen atoms in total. The predicted molar refractivity (Wildman–Crippen MR) is 117 cm³/mol. The Morgan fingerprint density at radius 3 is 1.66 bits per heavy atom. The van der Waals surface area contributed by atoms with Crippen LogP contribution in [-0.4, -0.2) is 29.1 Å². The molecule has 0 spiro atoms. The zero-order valence-electron chi connectivity index (χ0n) is 18.6. The SMILES string of the molecule is CCCCCCCCCCCC(=O)CC(CC(N)=O)C(=O)CCCCC.O=CO. The Labute approximate surface area is 177 Å². The summed E-state index contributed by atoms with van der Waals surface area (Å²) in [6.45, 7) is 4.06. The third-order valence-electron chi connectivity index (χ3n) is 4.96. The number of hydrogen-bond donors (Lipinski definition) is 2. The Balaban J connectivity index is 0. The minimum Gasteiger partial charge on any atom is -0.483 e. The highest BCUT2D eigenvalue weighted by atomic mass is 16.3. The van der Waals surface area contributed by atoms with Crippen LogP contribution in [0.4, 0.5) is 0 Å². The summed E-state index contributed by atoms with van der Waals surface area (Å²) in [5.74, 6) is -0.870. The van der Waals surface area contributed by atoms with E-state index in [4.69, 9.17) is 15.6 Å². The van der Waals surface area contributed by atoms with E-state index in [0.717, 1.165) is 32.1 Å². The summed E-state index contributed by atoms with van der Waals surface area (Å²) in [6, 6.07) is 0. The van der Waals surface area contributed by atoms with Crippen LogP contribution in [0.3, 0.4) is 0 Å². The quantitative estimate of drug-likeness (QED) is 0.223. The van der Waals surface area contributed by atoms with Gasteiger partial charge in [-0.2, -0.15) is 0 Å². The van der Waals surface area contributed by atoms with Crippen molar-refractivity contribution >= 4 is 23.9 Å². The van der Waals surface area contributed by atoms with Crippen LogP contribution < -0.4 is 5.73 Å². The molecule has 0 bridgehead atoms. The Kier molecular flexibility index (Phi) is 22.9. The Bertz CT molecular complexity index is 437. The molecule has 1 unspecified atom stereocenters. The number of Topliss-reactive ketones (excluding diaryl/α,β-unsaturated/α-hetero) is 2. The third-order valence-corrected chi connectivity index (χ3v) is 4.96. The summed E-state index contributed by atoms with van der Waals surface area (Å²) in [5.41, 5.74) is 5.26. The molecule has 0 fully saturated rings. The molecule has 0 saturated carbocycles. The predicted octanol–water partition coefficient (Wildman–Crippen LogP) is 5.21. The normalized spacial score (nSPS) is 11.2. The second kappa shape index (κ2) is 22.6. The first kappa shape index (κ1) is 29.5. The van der Waals surface area contributed by atoms with E-state index in [1.54, 1.807) is 0 Å². The molecule has 0 aromatic heterocycles. The topological polar surface area (TPSA) is 115 Å². The van der Waals surface area contributed by atoms with Crippen molar-refractivity contribution in [3.63, 3.8) is 0 Å². The van der Waals surface area contributed by atoms with Gasteiger partial charge in [0.2, 0.25) is 5.91 Å². The zero-order chi connectivity index (χ0) is 22.3. The van der Waals surface area contributed by atoms with Gasteiger partial charge in [-0.3, -0.25) is 19.2 Å². The van der Waals surface area contributed by atoms with Crippen LogP contribution in [0.5, 0.6) is 0 Å². The van der Waals surface area contributed by atoms with Gasteiger partial charge in [0.05, 0.1) is 0 Å². The van der Waals surface area contributed by atoms with E-state index in [0.29, 0.717) is 12.8 Å². The molecule has 0 heterocycles. The summed E-state index contributed by atoms with van der Waals surface area (Å²) >= 11 is 0. The van der Waals surface area contributed by atoms with Crippen LogP contribution in [-0.2, 0) is 19.2 Å². The summed E-state index contributed by atoms with van der Waals surface area (Å²) in [5, 5.41) is 6.89. The molecule has 0 radical (unpaired) electrons. The standard InChI is InChI=1S/C22H41NO3.CH2O2/c1-3-5-7-8-9-10-11-12-14-15-20(24)17-19(18-22(23)26)21(25)16-13-6-4-2;2-1-3/h19H,3-18H2,1-2H3,(H2,23,26);1H,(H,2,3).